The molecule has 182 valence electrons. The number of aromatic nitrogens is 1. The molecule has 0 fully saturated rings. The molecule has 0 saturated heterocycles. The molecule has 4 rings (SSSR count). The topological polar surface area (TPSA) is 102 Å². The van der Waals surface area contributed by atoms with E-state index in [2.05, 4.69) is 21.1 Å². The number of amides is 1. The standard InChI is InChI=1S/C26H25BrN2O6/c1-26(2,3)19-13-20(28-35-19)29-22(15-8-11-17(33-4)18(12-15)34-5)21(24(31)25(29)32)23(30)14-6-9-16(27)10-7-14/h6-13,22,31H,1-5H3. The lowest BCUT2D eigenvalue weighted by Crippen LogP contribution is -2.31. The van der Waals surface area contributed by atoms with E-state index in [9.17, 15) is 14.7 Å². The van der Waals surface area contributed by atoms with Crippen LogP contribution in [-0.2, 0) is 10.2 Å². The van der Waals surface area contributed by atoms with E-state index in [1.807, 2.05) is 20.8 Å². The van der Waals surface area contributed by atoms with Gasteiger partial charge in [-0.15, -0.1) is 0 Å². The molecule has 1 amide bonds. The van der Waals surface area contributed by atoms with E-state index in [-0.39, 0.29) is 16.8 Å². The molecule has 0 radical (unpaired) electrons. The zero-order valence-corrected chi connectivity index (χ0v) is 21.5. The van der Waals surface area contributed by atoms with Gasteiger partial charge in [0.15, 0.2) is 28.9 Å². The summed E-state index contributed by atoms with van der Waals surface area (Å²) >= 11 is 3.36. The summed E-state index contributed by atoms with van der Waals surface area (Å²) in [7, 11) is 3.01. The molecule has 8 nitrogen and oxygen atoms in total. The molecule has 1 aliphatic heterocycles. The maximum atomic E-state index is 13.6. The number of methoxy groups -OCH3 is 2. The number of ether oxygens (including phenoxy) is 2. The molecule has 0 spiro atoms. The number of Topliss-reactive ketones (excluding diaryl/α,β-unsaturated/α-hetero) is 1. The van der Waals surface area contributed by atoms with Gasteiger partial charge in [-0.05, 0) is 42.0 Å². The molecular formula is C26H25BrN2O6. The van der Waals surface area contributed by atoms with Crippen molar-refractivity contribution in [3.63, 3.8) is 0 Å². The van der Waals surface area contributed by atoms with Gasteiger partial charge in [0.25, 0.3) is 5.91 Å². The molecule has 9 heteroatoms. The fraction of sp³-hybridized carbons (Fsp3) is 0.269. The van der Waals surface area contributed by atoms with Crippen molar-refractivity contribution in [2.45, 2.75) is 32.2 Å². The van der Waals surface area contributed by atoms with Crippen LogP contribution in [0.4, 0.5) is 5.82 Å². The summed E-state index contributed by atoms with van der Waals surface area (Å²) in [6.07, 6.45) is 0. The van der Waals surface area contributed by atoms with Gasteiger partial charge in [0.1, 0.15) is 5.76 Å². The Hall–Kier alpha value is -3.59. The van der Waals surface area contributed by atoms with Gasteiger partial charge in [-0.2, -0.15) is 0 Å². The molecule has 0 aliphatic carbocycles. The second kappa shape index (κ2) is 9.22. The first kappa shape index (κ1) is 24.5. The number of hydrogen-bond donors (Lipinski definition) is 1. The molecular weight excluding hydrogens is 516 g/mol. The normalized spacial score (nSPS) is 16.1. The highest BCUT2D eigenvalue weighted by Gasteiger charge is 2.46. The number of aliphatic hydroxyl groups excluding tert-OH is 1. The summed E-state index contributed by atoms with van der Waals surface area (Å²) in [6.45, 7) is 5.85. The van der Waals surface area contributed by atoms with Crippen molar-refractivity contribution in [3.8, 4) is 11.5 Å². The number of anilines is 1. The zero-order valence-electron chi connectivity index (χ0n) is 20.0. The summed E-state index contributed by atoms with van der Waals surface area (Å²) in [6, 6.07) is 12.4. The first-order valence-electron chi connectivity index (χ1n) is 10.8. The van der Waals surface area contributed by atoms with Crippen molar-refractivity contribution in [3.05, 3.63) is 81.2 Å². The van der Waals surface area contributed by atoms with Crippen LogP contribution in [0.2, 0.25) is 0 Å². The molecule has 1 N–H and O–H groups in total. The highest BCUT2D eigenvalue weighted by atomic mass is 79.9. The zero-order chi connectivity index (χ0) is 25.5. The Morgan fingerprint density at radius 1 is 1.06 bits per heavy atom. The number of nitrogens with zero attached hydrogens (tertiary/aromatic N) is 2. The molecule has 35 heavy (non-hydrogen) atoms. The molecule has 2 heterocycles. The van der Waals surface area contributed by atoms with Crippen LogP contribution in [0.1, 0.15) is 48.5 Å². The van der Waals surface area contributed by atoms with Gasteiger partial charge in [0.2, 0.25) is 0 Å². The number of halogens is 1. The lowest BCUT2D eigenvalue weighted by molar-refractivity contribution is -0.117. The van der Waals surface area contributed by atoms with Crippen LogP contribution in [0.25, 0.3) is 0 Å². The SMILES string of the molecule is COc1ccc(C2C(C(=O)c3ccc(Br)cc3)=C(O)C(=O)N2c2cc(C(C)(C)C)on2)cc1OC. The van der Waals surface area contributed by atoms with Gasteiger partial charge < -0.3 is 19.1 Å². The minimum Gasteiger partial charge on any atom is -0.503 e. The molecule has 0 saturated carbocycles. The minimum atomic E-state index is -0.976. The molecule has 1 aromatic heterocycles. The van der Waals surface area contributed by atoms with Crippen LogP contribution in [0, 0.1) is 0 Å². The quantitative estimate of drug-likeness (QED) is 0.409. The van der Waals surface area contributed by atoms with Gasteiger partial charge >= 0.3 is 0 Å². The maximum absolute atomic E-state index is 13.6. The van der Waals surface area contributed by atoms with E-state index in [1.165, 1.54) is 19.1 Å². The second-order valence-corrected chi connectivity index (χ2v) is 10.0. The molecule has 1 aliphatic rings. The number of carbonyl (C=O) groups excluding carboxylic acids is 2. The fourth-order valence-corrected chi connectivity index (χ4v) is 4.17. The van der Waals surface area contributed by atoms with Gasteiger partial charge in [0.05, 0.1) is 25.8 Å². The van der Waals surface area contributed by atoms with Crippen molar-refractivity contribution in [2.24, 2.45) is 0 Å². The smallest absolute Gasteiger partial charge is 0.295 e. The van der Waals surface area contributed by atoms with E-state index < -0.39 is 23.5 Å². The van der Waals surface area contributed by atoms with Crippen LogP contribution in [0.5, 0.6) is 11.5 Å². The Balaban J connectivity index is 1.89. The Labute approximate surface area is 211 Å². The Kier molecular flexibility index (Phi) is 6.46. The van der Waals surface area contributed by atoms with E-state index in [0.717, 1.165) is 4.47 Å². The van der Waals surface area contributed by atoms with Crippen molar-refractivity contribution in [2.75, 3.05) is 19.1 Å². The Bertz CT molecular complexity index is 1320. The summed E-state index contributed by atoms with van der Waals surface area (Å²) in [5.74, 6) is -0.238. The summed E-state index contributed by atoms with van der Waals surface area (Å²) in [5, 5.41) is 15.0. The first-order valence-corrected chi connectivity index (χ1v) is 11.6. The lowest BCUT2D eigenvalue weighted by Gasteiger charge is -2.25. The summed E-state index contributed by atoms with van der Waals surface area (Å²) < 4.78 is 17.1. The van der Waals surface area contributed by atoms with Gasteiger partial charge in [-0.1, -0.05) is 47.9 Å². The van der Waals surface area contributed by atoms with Crippen LogP contribution in [0.3, 0.4) is 0 Å². The molecule has 1 atom stereocenters. The highest BCUT2D eigenvalue weighted by Crippen LogP contribution is 2.44. The van der Waals surface area contributed by atoms with Crippen LogP contribution in [-0.4, -0.2) is 36.2 Å². The molecule has 2 aromatic carbocycles. The largest absolute Gasteiger partial charge is 0.503 e. The highest BCUT2D eigenvalue weighted by molar-refractivity contribution is 9.10. The third kappa shape index (κ3) is 4.43. The Morgan fingerprint density at radius 3 is 2.29 bits per heavy atom. The van der Waals surface area contributed by atoms with Gasteiger partial charge in [-0.3, -0.25) is 14.5 Å². The maximum Gasteiger partial charge on any atom is 0.295 e. The first-order chi connectivity index (χ1) is 16.6. The van der Waals surface area contributed by atoms with Crippen molar-refractivity contribution in [1.82, 2.24) is 5.16 Å². The summed E-state index contributed by atoms with van der Waals surface area (Å²) in [5.41, 5.74) is 0.425. The number of rotatable bonds is 6. The van der Waals surface area contributed by atoms with Crippen molar-refractivity contribution < 1.29 is 28.7 Å². The monoisotopic (exact) mass is 540 g/mol. The van der Waals surface area contributed by atoms with Gasteiger partial charge in [-0.25, -0.2) is 0 Å². The van der Waals surface area contributed by atoms with E-state index in [0.29, 0.717) is 28.4 Å². The predicted molar refractivity (Wildman–Crippen MR) is 133 cm³/mol. The fourth-order valence-electron chi connectivity index (χ4n) is 3.90. The molecule has 1 unspecified atom stereocenters. The third-order valence-electron chi connectivity index (χ3n) is 5.77. The molecule has 0 bridgehead atoms. The lowest BCUT2D eigenvalue weighted by atomic mass is 9.92. The Morgan fingerprint density at radius 2 is 1.71 bits per heavy atom. The van der Waals surface area contributed by atoms with Crippen molar-refractivity contribution >= 4 is 33.4 Å². The molecule has 3 aromatic rings. The summed E-state index contributed by atoms with van der Waals surface area (Å²) in [4.78, 5) is 28.2. The van der Waals surface area contributed by atoms with Crippen LogP contribution >= 0.6 is 15.9 Å². The van der Waals surface area contributed by atoms with E-state index in [4.69, 9.17) is 14.0 Å². The van der Waals surface area contributed by atoms with Crippen LogP contribution in [0.15, 0.2) is 68.9 Å². The van der Waals surface area contributed by atoms with Crippen LogP contribution < -0.4 is 14.4 Å². The number of benzene rings is 2. The third-order valence-corrected chi connectivity index (χ3v) is 6.29. The number of aliphatic hydroxyl groups is 1. The predicted octanol–water partition coefficient (Wildman–Crippen LogP) is 5.53. The van der Waals surface area contributed by atoms with Crippen molar-refractivity contribution in [1.29, 1.82) is 0 Å². The average molecular weight is 541 g/mol. The number of hydrogen-bond acceptors (Lipinski definition) is 7. The number of ketones is 1. The number of carbonyl (C=O) groups is 2. The minimum absolute atomic E-state index is 0.0650. The van der Waals surface area contributed by atoms with Gasteiger partial charge in [0, 0.05) is 21.5 Å². The second-order valence-electron chi connectivity index (χ2n) is 9.09. The van der Waals surface area contributed by atoms with E-state index in [1.54, 1.807) is 48.5 Å². The average Bonchev–Trinajstić information content (AvgIpc) is 3.42. The van der Waals surface area contributed by atoms with E-state index >= 15 is 0 Å².